The Morgan fingerprint density at radius 1 is 1.29 bits per heavy atom. The minimum absolute atomic E-state index is 0.208. The molecule has 0 aliphatic heterocycles. The molecule has 1 nitrogen and oxygen atoms in total. The monoisotopic (exact) mass is 150 g/mol. The first kappa shape index (κ1) is 7.48. The Morgan fingerprint density at radius 2 is 1.71 bits per heavy atom. The molecule has 0 saturated heterocycles. The van der Waals surface area contributed by atoms with Gasteiger partial charge < -0.3 is 0 Å². The van der Waals surface area contributed by atoms with Gasteiger partial charge in [0.25, 0.3) is 0 Å². The van der Waals surface area contributed by atoms with Crippen molar-refractivity contribution >= 4 is 0 Å². The molecular weight excluding hydrogens is 140 g/mol. The van der Waals surface area contributed by atoms with Gasteiger partial charge in [0.05, 0.1) is 0 Å². The zero-order valence-electron chi connectivity index (χ0n) is 4.86. The molecule has 0 amide bonds. The summed E-state index contributed by atoms with van der Waals surface area (Å²) >= 11 is 4.48. The van der Waals surface area contributed by atoms with Gasteiger partial charge in [0, 0.05) is 0 Å². The van der Waals surface area contributed by atoms with Crippen LogP contribution in [0.5, 0.6) is 0 Å². The minimum atomic E-state index is 0.208. The van der Waals surface area contributed by atoms with E-state index in [0.29, 0.717) is 5.92 Å². The van der Waals surface area contributed by atoms with Crippen LogP contribution in [0, 0.1) is 5.92 Å². The van der Waals surface area contributed by atoms with Crippen molar-refractivity contribution in [2.24, 2.45) is 5.92 Å². The Bertz CT molecular complexity index is 45.3. The Kier molecular flexibility index (Phi) is 3.72. The predicted molar refractivity (Wildman–Crippen MR) is 25.4 cm³/mol. The van der Waals surface area contributed by atoms with Crippen molar-refractivity contribution in [2.45, 2.75) is 26.9 Å². The third-order valence-corrected chi connectivity index (χ3v) is 1.40. The summed E-state index contributed by atoms with van der Waals surface area (Å²) in [6.45, 7) is 6.12. The molecule has 1 unspecified atom stereocenters. The maximum atomic E-state index is 4.57. The van der Waals surface area contributed by atoms with Crippen molar-refractivity contribution in [1.29, 1.82) is 0 Å². The fourth-order valence-electron chi connectivity index (χ4n) is 0.0821. The summed E-state index contributed by atoms with van der Waals surface area (Å²) in [5, 5.41) is 0. The molecular formula is C5H11CuO. The van der Waals surface area contributed by atoms with Crippen LogP contribution in [0.3, 0.4) is 0 Å². The van der Waals surface area contributed by atoms with Gasteiger partial charge in [0.15, 0.2) is 0 Å². The van der Waals surface area contributed by atoms with Crippen molar-refractivity contribution in [3.8, 4) is 0 Å². The summed E-state index contributed by atoms with van der Waals surface area (Å²) in [7, 11) is 0. The van der Waals surface area contributed by atoms with E-state index in [-0.39, 0.29) is 6.10 Å². The molecule has 0 N–H and O–H groups in total. The quantitative estimate of drug-likeness (QED) is 0.543. The summed E-state index contributed by atoms with van der Waals surface area (Å²) < 4.78 is 4.57. The van der Waals surface area contributed by atoms with E-state index in [1.807, 2.05) is 6.92 Å². The Balaban J connectivity index is 3.14. The maximum absolute atomic E-state index is 4.57. The molecule has 0 radical (unpaired) electrons. The van der Waals surface area contributed by atoms with Gasteiger partial charge in [-0.2, -0.15) is 0 Å². The molecule has 0 saturated carbocycles. The van der Waals surface area contributed by atoms with E-state index >= 15 is 0 Å². The van der Waals surface area contributed by atoms with Crippen LogP contribution in [-0.2, 0) is 20.2 Å². The van der Waals surface area contributed by atoms with Gasteiger partial charge in [-0.3, -0.25) is 0 Å². The van der Waals surface area contributed by atoms with Crippen LogP contribution < -0.4 is 0 Å². The molecule has 7 heavy (non-hydrogen) atoms. The van der Waals surface area contributed by atoms with Crippen molar-refractivity contribution in [2.75, 3.05) is 0 Å². The van der Waals surface area contributed by atoms with E-state index in [1.165, 1.54) is 0 Å². The van der Waals surface area contributed by atoms with E-state index in [0.717, 1.165) is 0 Å². The van der Waals surface area contributed by atoms with E-state index in [4.69, 9.17) is 0 Å². The molecule has 0 aromatic carbocycles. The second-order valence-electron chi connectivity index (χ2n) is 2.02. The van der Waals surface area contributed by atoms with Gasteiger partial charge in [-0.25, -0.2) is 0 Å². The van der Waals surface area contributed by atoms with Crippen LogP contribution in [0.4, 0.5) is 0 Å². The normalized spacial score (nSPS) is 15.1. The molecule has 0 heterocycles. The van der Waals surface area contributed by atoms with Gasteiger partial charge in [-0.1, -0.05) is 0 Å². The van der Waals surface area contributed by atoms with Gasteiger partial charge in [0.2, 0.25) is 0 Å². The van der Waals surface area contributed by atoms with E-state index < -0.39 is 0 Å². The van der Waals surface area contributed by atoms with Crippen LogP contribution in [0.1, 0.15) is 20.8 Å². The molecule has 0 spiro atoms. The third kappa shape index (κ3) is 3.10. The molecule has 2 heteroatoms. The average molecular weight is 151 g/mol. The van der Waals surface area contributed by atoms with Gasteiger partial charge in [-0.05, 0) is 0 Å². The van der Waals surface area contributed by atoms with Crippen LogP contribution >= 0.6 is 0 Å². The molecule has 48 valence electrons. The van der Waals surface area contributed by atoms with Crippen LogP contribution in [-0.4, -0.2) is 6.10 Å². The summed E-state index contributed by atoms with van der Waals surface area (Å²) in [6, 6.07) is 0. The third-order valence-electron chi connectivity index (χ3n) is 1.05. The summed E-state index contributed by atoms with van der Waals surface area (Å²) in [5.74, 6) is 0.534. The molecule has 0 aromatic rings. The van der Waals surface area contributed by atoms with E-state index in [2.05, 4.69) is 34.0 Å². The fourth-order valence-corrected chi connectivity index (χ4v) is 0.338. The topological polar surface area (TPSA) is 9.23 Å². The second kappa shape index (κ2) is 3.48. The molecule has 0 aromatic heterocycles. The molecule has 0 fully saturated rings. The Hall–Kier alpha value is 0.479. The van der Waals surface area contributed by atoms with Gasteiger partial charge in [-0.15, -0.1) is 0 Å². The van der Waals surface area contributed by atoms with Gasteiger partial charge in [0.1, 0.15) is 0 Å². The van der Waals surface area contributed by atoms with Crippen molar-refractivity contribution < 1.29 is 20.2 Å². The van der Waals surface area contributed by atoms with Crippen molar-refractivity contribution in [3.63, 3.8) is 0 Å². The first-order chi connectivity index (χ1) is 3.18. The first-order valence-corrected chi connectivity index (χ1v) is 2.81. The Morgan fingerprint density at radius 3 is 1.71 bits per heavy atom. The Labute approximate surface area is 53.6 Å². The zero-order valence-corrected chi connectivity index (χ0v) is 5.81. The summed E-state index contributed by atoms with van der Waals surface area (Å²) in [6.07, 6.45) is 0.208. The number of hydrogen-bond acceptors (Lipinski definition) is 1. The molecule has 0 rings (SSSR count). The average Bonchev–Trinajstić information content (AvgIpc) is 1.65. The zero-order chi connectivity index (χ0) is 5.86. The molecule has 0 aliphatic carbocycles. The van der Waals surface area contributed by atoms with Crippen LogP contribution in [0.25, 0.3) is 0 Å². The number of rotatable bonds is 2. The number of hydrogen-bond donors (Lipinski definition) is 0. The first-order valence-electron chi connectivity index (χ1n) is 2.42. The van der Waals surface area contributed by atoms with Crippen molar-refractivity contribution in [3.05, 3.63) is 0 Å². The molecule has 0 bridgehead atoms. The predicted octanol–water partition coefficient (Wildman–Crippen LogP) is 1.51. The van der Waals surface area contributed by atoms with Gasteiger partial charge >= 0.3 is 53.0 Å². The standard InChI is InChI=1S/C5H11O.Cu/c1-4(2)5(3)6;/h4-5H,1-3H3;/q-1;+1. The summed E-state index contributed by atoms with van der Waals surface area (Å²) in [4.78, 5) is 0. The van der Waals surface area contributed by atoms with Crippen LogP contribution in [0.15, 0.2) is 0 Å². The molecule has 1 atom stereocenters. The fraction of sp³-hybridized carbons (Fsp3) is 1.00. The second-order valence-corrected chi connectivity index (χ2v) is 2.24. The van der Waals surface area contributed by atoms with Crippen molar-refractivity contribution in [1.82, 2.24) is 0 Å². The van der Waals surface area contributed by atoms with E-state index in [9.17, 15) is 0 Å². The van der Waals surface area contributed by atoms with E-state index in [1.54, 1.807) is 0 Å². The summed E-state index contributed by atoms with van der Waals surface area (Å²) in [5.41, 5.74) is 0. The molecule has 0 aliphatic rings. The SMILES string of the molecule is CC(C)C(C)[O][Cu]. The van der Waals surface area contributed by atoms with Crippen LogP contribution in [0.2, 0.25) is 0 Å².